The van der Waals surface area contributed by atoms with E-state index in [-0.39, 0.29) is 23.9 Å². The standard InChI is InChI=1S/C15H16N4O3/c1-15(2)10-6-9(4-5-11(10)17-13(15)21)12(20)7-19-8-16-18(3)14(19)22/h4-6,8H,7H2,1-3H3,(H,17,21). The Balaban J connectivity index is 1.92. The molecule has 0 fully saturated rings. The first kappa shape index (κ1) is 14.2. The largest absolute Gasteiger partial charge is 0.345 e. The van der Waals surface area contributed by atoms with Gasteiger partial charge < -0.3 is 5.32 Å². The second-order valence-electron chi connectivity index (χ2n) is 5.93. The summed E-state index contributed by atoms with van der Waals surface area (Å²) in [6, 6.07) is 5.10. The lowest BCUT2D eigenvalue weighted by Gasteiger charge is -2.15. The predicted molar refractivity (Wildman–Crippen MR) is 79.9 cm³/mol. The van der Waals surface area contributed by atoms with Crippen LogP contribution in [0.5, 0.6) is 0 Å². The number of aromatic nitrogens is 3. The van der Waals surface area contributed by atoms with Crippen LogP contribution in [0.15, 0.2) is 29.3 Å². The van der Waals surface area contributed by atoms with Crippen molar-refractivity contribution in [2.75, 3.05) is 5.32 Å². The van der Waals surface area contributed by atoms with Crippen molar-refractivity contribution in [3.05, 3.63) is 46.1 Å². The number of nitrogens with zero attached hydrogens (tertiary/aromatic N) is 3. The first-order chi connectivity index (χ1) is 10.3. The van der Waals surface area contributed by atoms with Crippen LogP contribution in [-0.2, 0) is 23.8 Å². The fourth-order valence-corrected chi connectivity index (χ4v) is 2.52. The van der Waals surface area contributed by atoms with Crippen LogP contribution in [0, 0.1) is 0 Å². The number of Topliss-reactive ketones (excluding diaryl/α,β-unsaturated/α-hetero) is 1. The minimum atomic E-state index is -0.670. The SMILES string of the molecule is Cn1ncn(CC(=O)c2ccc3c(c2)C(C)(C)C(=O)N3)c1=O. The zero-order valence-electron chi connectivity index (χ0n) is 12.6. The van der Waals surface area contributed by atoms with Gasteiger partial charge in [-0.25, -0.2) is 9.48 Å². The summed E-state index contributed by atoms with van der Waals surface area (Å²) < 4.78 is 2.42. The van der Waals surface area contributed by atoms with Gasteiger partial charge in [0.15, 0.2) is 5.78 Å². The molecule has 1 N–H and O–H groups in total. The summed E-state index contributed by atoms with van der Waals surface area (Å²) in [6.07, 6.45) is 1.34. The Kier molecular flexibility index (Phi) is 3.01. The number of amides is 1. The van der Waals surface area contributed by atoms with Crippen LogP contribution < -0.4 is 11.0 Å². The maximum atomic E-state index is 12.4. The second-order valence-corrected chi connectivity index (χ2v) is 5.93. The van der Waals surface area contributed by atoms with Crippen molar-refractivity contribution >= 4 is 17.4 Å². The van der Waals surface area contributed by atoms with E-state index < -0.39 is 5.41 Å². The third-order valence-electron chi connectivity index (χ3n) is 4.03. The molecule has 2 heterocycles. The van der Waals surface area contributed by atoms with E-state index in [0.29, 0.717) is 5.56 Å². The number of carbonyl (C=O) groups excluding carboxylic acids is 2. The van der Waals surface area contributed by atoms with E-state index in [1.165, 1.54) is 22.6 Å². The fraction of sp³-hybridized carbons (Fsp3) is 0.333. The van der Waals surface area contributed by atoms with E-state index in [1.54, 1.807) is 18.2 Å². The molecule has 0 atom stereocenters. The van der Waals surface area contributed by atoms with E-state index in [2.05, 4.69) is 10.4 Å². The molecule has 0 aliphatic carbocycles. The monoisotopic (exact) mass is 300 g/mol. The molecule has 1 amide bonds. The lowest BCUT2D eigenvalue weighted by atomic mass is 9.85. The van der Waals surface area contributed by atoms with Crippen molar-refractivity contribution in [3.63, 3.8) is 0 Å². The molecule has 1 aromatic carbocycles. The summed E-state index contributed by atoms with van der Waals surface area (Å²) in [5, 5.41) is 6.61. The summed E-state index contributed by atoms with van der Waals surface area (Å²) in [5.41, 5.74) is 0.981. The van der Waals surface area contributed by atoms with Crippen molar-refractivity contribution in [2.24, 2.45) is 7.05 Å². The molecule has 22 heavy (non-hydrogen) atoms. The molecule has 1 aromatic heterocycles. The van der Waals surface area contributed by atoms with Gasteiger partial charge in [-0.15, -0.1) is 0 Å². The van der Waals surface area contributed by atoms with Gasteiger partial charge in [-0.2, -0.15) is 5.10 Å². The summed E-state index contributed by atoms with van der Waals surface area (Å²) in [4.78, 5) is 36.0. The van der Waals surface area contributed by atoms with Gasteiger partial charge in [-0.05, 0) is 37.6 Å². The minimum Gasteiger partial charge on any atom is -0.325 e. The van der Waals surface area contributed by atoms with Gasteiger partial charge in [0, 0.05) is 18.3 Å². The van der Waals surface area contributed by atoms with E-state index in [9.17, 15) is 14.4 Å². The Bertz CT molecular complexity index is 845. The van der Waals surface area contributed by atoms with E-state index in [4.69, 9.17) is 0 Å². The van der Waals surface area contributed by atoms with Crippen LogP contribution in [-0.4, -0.2) is 26.0 Å². The zero-order valence-corrected chi connectivity index (χ0v) is 12.6. The number of hydrogen-bond donors (Lipinski definition) is 1. The third-order valence-corrected chi connectivity index (χ3v) is 4.03. The van der Waals surface area contributed by atoms with Gasteiger partial charge in [-0.1, -0.05) is 0 Å². The molecule has 7 heteroatoms. The summed E-state index contributed by atoms with van der Waals surface area (Å²) in [7, 11) is 1.53. The Morgan fingerprint density at radius 3 is 2.68 bits per heavy atom. The molecule has 0 unspecified atom stereocenters. The third kappa shape index (κ3) is 2.05. The number of nitrogens with one attached hydrogen (secondary N) is 1. The smallest absolute Gasteiger partial charge is 0.325 e. The van der Waals surface area contributed by atoms with E-state index in [0.717, 1.165) is 11.3 Å². The number of benzene rings is 1. The quantitative estimate of drug-likeness (QED) is 0.845. The van der Waals surface area contributed by atoms with Crippen molar-refractivity contribution in [1.82, 2.24) is 14.3 Å². The number of ketones is 1. The zero-order chi connectivity index (χ0) is 16.1. The maximum absolute atomic E-state index is 12.4. The fourth-order valence-electron chi connectivity index (χ4n) is 2.52. The molecule has 0 spiro atoms. The first-order valence-electron chi connectivity index (χ1n) is 6.88. The number of hydrogen-bond acceptors (Lipinski definition) is 4. The molecule has 7 nitrogen and oxygen atoms in total. The molecular formula is C15H16N4O3. The average Bonchev–Trinajstić information content (AvgIpc) is 2.90. The van der Waals surface area contributed by atoms with Crippen LogP contribution in [0.25, 0.3) is 0 Å². The summed E-state index contributed by atoms with van der Waals surface area (Å²) in [5.74, 6) is -0.288. The number of aryl methyl sites for hydroxylation is 1. The van der Waals surface area contributed by atoms with E-state index in [1.807, 2.05) is 13.8 Å². The van der Waals surface area contributed by atoms with Crippen LogP contribution in [0.2, 0.25) is 0 Å². The highest BCUT2D eigenvalue weighted by Crippen LogP contribution is 2.37. The topological polar surface area (TPSA) is 86.0 Å². The molecule has 0 radical (unpaired) electrons. The Labute approximate surface area is 126 Å². The van der Waals surface area contributed by atoms with Gasteiger partial charge in [-0.3, -0.25) is 14.2 Å². The molecule has 2 aromatic rings. The molecule has 0 bridgehead atoms. The Hall–Kier alpha value is -2.70. The second kappa shape index (κ2) is 4.66. The normalized spacial score (nSPS) is 15.5. The summed E-state index contributed by atoms with van der Waals surface area (Å²) >= 11 is 0. The van der Waals surface area contributed by atoms with Gasteiger partial charge in [0.05, 0.1) is 12.0 Å². The highest BCUT2D eigenvalue weighted by Gasteiger charge is 2.38. The molecule has 1 aliphatic heterocycles. The molecule has 0 saturated heterocycles. The van der Waals surface area contributed by atoms with Gasteiger partial charge in [0.25, 0.3) is 0 Å². The van der Waals surface area contributed by atoms with Crippen LogP contribution in [0.3, 0.4) is 0 Å². The average molecular weight is 300 g/mol. The first-order valence-corrected chi connectivity index (χ1v) is 6.88. The van der Waals surface area contributed by atoms with Gasteiger partial charge in [0.2, 0.25) is 5.91 Å². The number of rotatable bonds is 3. The van der Waals surface area contributed by atoms with E-state index >= 15 is 0 Å². The molecular weight excluding hydrogens is 284 g/mol. The van der Waals surface area contributed by atoms with Crippen molar-refractivity contribution in [3.8, 4) is 0 Å². The molecule has 114 valence electrons. The highest BCUT2D eigenvalue weighted by molar-refractivity contribution is 6.07. The predicted octanol–water partition coefficient (Wildman–Crippen LogP) is 0.694. The van der Waals surface area contributed by atoms with Crippen LogP contribution >= 0.6 is 0 Å². The van der Waals surface area contributed by atoms with Crippen molar-refractivity contribution < 1.29 is 9.59 Å². The van der Waals surface area contributed by atoms with Crippen molar-refractivity contribution in [2.45, 2.75) is 25.8 Å². The highest BCUT2D eigenvalue weighted by atomic mass is 16.2. The van der Waals surface area contributed by atoms with Crippen LogP contribution in [0.4, 0.5) is 5.69 Å². The number of anilines is 1. The molecule has 0 saturated carbocycles. The maximum Gasteiger partial charge on any atom is 0.345 e. The van der Waals surface area contributed by atoms with Gasteiger partial charge >= 0.3 is 5.69 Å². The van der Waals surface area contributed by atoms with Crippen LogP contribution in [0.1, 0.15) is 29.8 Å². The van der Waals surface area contributed by atoms with Gasteiger partial charge in [0.1, 0.15) is 6.33 Å². The number of carbonyl (C=O) groups is 2. The summed E-state index contributed by atoms with van der Waals surface area (Å²) in [6.45, 7) is 3.55. The Morgan fingerprint density at radius 1 is 1.32 bits per heavy atom. The minimum absolute atomic E-state index is 0.0761. The Morgan fingerprint density at radius 2 is 2.05 bits per heavy atom. The van der Waals surface area contributed by atoms with Crippen molar-refractivity contribution in [1.29, 1.82) is 0 Å². The molecule has 3 rings (SSSR count). The lowest BCUT2D eigenvalue weighted by Crippen LogP contribution is -2.27. The number of fused-ring (bicyclic) bond motifs is 1. The molecule has 1 aliphatic rings. The lowest BCUT2D eigenvalue weighted by molar-refractivity contribution is -0.119.